The van der Waals surface area contributed by atoms with Gasteiger partial charge < -0.3 is 24.5 Å². The molecule has 2 atom stereocenters. The third-order valence-electron chi connectivity index (χ3n) is 9.21. The molecule has 1 saturated heterocycles. The van der Waals surface area contributed by atoms with Crippen LogP contribution in [0.15, 0.2) is 43.5 Å². The third-order valence-corrected chi connectivity index (χ3v) is 9.21. The molecular formula is C35H34FeN4O5. The van der Waals surface area contributed by atoms with Crippen molar-refractivity contribution >= 4 is 51.2 Å². The van der Waals surface area contributed by atoms with Crippen LogP contribution in [0.5, 0.6) is 0 Å². The summed E-state index contributed by atoms with van der Waals surface area (Å²) in [4.78, 5) is 44.5. The molecule has 232 valence electrons. The molecule has 0 aliphatic carbocycles. The molecule has 8 bridgehead atoms. The van der Waals surface area contributed by atoms with E-state index in [1.54, 1.807) is 31.2 Å². The molecule has 3 aliphatic heterocycles. The number of aryl methyl sites for hydroxylation is 3. The van der Waals surface area contributed by atoms with Crippen molar-refractivity contribution in [3.05, 3.63) is 88.5 Å². The molecule has 1 N–H and O–H groups in total. The van der Waals surface area contributed by atoms with Gasteiger partial charge in [-0.15, -0.1) is 22.1 Å². The van der Waals surface area contributed by atoms with Crippen molar-refractivity contribution in [2.45, 2.75) is 64.6 Å². The van der Waals surface area contributed by atoms with Crippen molar-refractivity contribution in [1.29, 1.82) is 0 Å². The van der Waals surface area contributed by atoms with Gasteiger partial charge in [-0.2, -0.15) is 0 Å². The number of fused-ring (bicyclic) bond motifs is 9. The zero-order chi connectivity index (χ0) is 31.6. The Morgan fingerprint density at radius 3 is 2.36 bits per heavy atom. The Labute approximate surface area is 272 Å². The van der Waals surface area contributed by atoms with Crippen molar-refractivity contribution in [2.75, 3.05) is 7.11 Å². The van der Waals surface area contributed by atoms with Gasteiger partial charge in [-0.05, 0) is 51.3 Å². The van der Waals surface area contributed by atoms with Crippen LogP contribution < -0.4 is 9.97 Å². The van der Waals surface area contributed by atoms with Crippen LogP contribution in [0, 0.1) is 13.8 Å². The molecule has 1 spiro atoms. The molecule has 1 fully saturated rings. The molecule has 45 heavy (non-hydrogen) atoms. The van der Waals surface area contributed by atoms with E-state index in [1.165, 1.54) is 7.11 Å². The first kappa shape index (κ1) is 32.2. The number of carbonyl (C=O) groups is 2. The fraction of sp³-hybridized carbons (Fsp3) is 0.314. The fourth-order valence-electron chi connectivity index (χ4n) is 6.48. The Balaban J connectivity index is 0.00000400. The number of esters is 2. The van der Waals surface area contributed by atoms with Gasteiger partial charge in [0.25, 0.3) is 0 Å². The van der Waals surface area contributed by atoms with E-state index in [-0.39, 0.29) is 42.3 Å². The molecule has 0 amide bonds. The standard InChI is InChI=1S/C35H34N4O5.Fe/c1-8-21-18(3)24-14-25-20(5)23(10-11-32(40)43-7)29(38-25)17-31-35(13-12-33(41)44-35)34(6,42)30(39-31)16-28-22(9-2)19(4)26(37-28)15-27(21)36-24;/h8-9,14-17,42H,1-2,10-13H2,3-7H3;/q-2;+2/t34-,35+;/m0./s1. The second-order valence-corrected chi connectivity index (χ2v) is 11.6. The van der Waals surface area contributed by atoms with Crippen molar-refractivity contribution in [2.24, 2.45) is 0 Å². The Morgan fingerprint density at radius 2 is 1.71 bits per heavy atom. The molecule has 3 aromatic heterocycles. The van der Waals surface area contributed by atoms with E-state index in [0.717, 1.165) is 44.4 Å². The van der Waals surface area contributed by atoms with Gasteiger partial charge in [-0.1, -0.05) is 60.2 Å². The van der Waals surface area contributed by atoms with E-state index in [1.807, 2.05) is 32.9 Å². The number of hydrogen-bond acceptors (Lipinski definition) is 7. The van der Waals surface area contributed by atoms with Crippen molar-refractivity contribution in [3.8, 4) is 0 Å². The maximum atomic E-state index is 12.6. The van der Waals surface area contributed by atoms with Crippen LogP contribution in [0.1, 0.15) is 78.1 Å². The number of allylic oxidation sites excluding steroid dienone is 3. The van der Waals surface area contributed by atoms with E-state index < -0.39 is 17.2 Å². The third kappa shape index (κ3) is 4.97. The second-order valence-electron chi connectivity index (χ2n) is 11.6. The van der Waals surface area contributed by atoms with Gasteiger partial charge in [0.05, 0.1) is 29.9 Å². The van der Waals surface area contributed by atoms with Crippen LogP contribution in [-0.2, 0) is 53.8 Å². The number of hydrogen-bond donors (Lipinski definition) is 1. The number of methoxy groups -OCH3 is 1. The minimum Gasteiger partial charge on any atom is -0.657 e. The van der Waals surface area contributed by atoms with Gasteiger partial charge >= 0.3 is 29.0 Å². The number of nitrogens with zero attached hydrogens (tertiary/aromatic N) is 4. The zero-order valence-corrected chi connectivity index (χ0v) is 27.0. The minimum atomic E-state index is -1.66. The molecule has 9 nitrogen and oxygen atoms in total. The average molecular weight is 647 g/mol. The van der Waals surface area contributed by atoms with Gasteiger partial charge in [-0.3, -0.25) is 14.6 Å². The van der Waals surface area contributed by atoms with Gasteiger partial charge in [0.1, 0.15) is 5.60 Å². The molecular weight excluding hydrogens is 612 g/mol. The molecule has 0 aromatic carbocycles. The predicted molar refractivity (Wildman–Crippen MR) is 168 cm³/mol. The molecule has 3 aliphatic rings. The molecule has 0 unspecified atom stereocenters. The molecule has 3 aromatic rings. The zero-order valence-electron chi connectivity index (χ0n) is 25.9. The summed E-state index contributed by atoms with van der Waals surface area (Å²) in [5.74, 6) is -0.755. The quantitative estimate of drug-likeness (QED) is 0.283. The van der Waals surface area contributed by atoms with Crippen LogP contribution in [0.2, 0.25) is 0 Å². The maximum Gasteiger partial charge on any atom is 2.00 e. The molecule has 0 saturated carbocycles. The van der Waals surface area contributed by atoms with Gasteiger partial charge in [0, 0.05) is 24.8 Å². The Kier molecular flexibility index (Phi) is 8.29. The SMILES string of the molecule is C=CC1=C(C)c2cc3[n-]c(cc4[n-]c(cc5nc(cc1n2)[C@](C)(O)[C@@]51CCC(=O)O1)c(CCC(=O)OC)c4C)c(C)c3C=C.[Fe+2]. The van der Waals surface area contributed by atoms with E-state index in [4.69, 9.17) is 29.4 Å². The number of aromatic nitrogens is 4. The van der Waals surface area contributed by atoms with Gasteiger partial charge in [0.15, 0.2) is 5.60 Å². The van der Waals surface area contributed by atoms with Gasteiger partial charge in [-0.25, -0.2) is 4.98 Å². The summed E-state index contributed by atoms with van der Waals surface area (Å²) in [6.45, 7) is 15.6. The fourth-order valence-corrected chi connectivity index (χ4v) is 6.48. The summed E-state index contributed by atoms with van der Waals surface area (Å²) in [6, 6.07) is 7.34. The van der Waals surface area contributed by atoms with Crippen molar-refractivity contribution in [1.82, 2.24) is 19.9 Å². The van der Waals surface area contributed by atoms with E-state index >= 15 is 0 Å². The molecule has 0 radical (unpaired) electrons. The Hall–Kier alpha value is -4.24. The van der Waals surface area contributed by atoms with Crippen LogP contribution >= 0.6 is 0 Å². The number of rotatable bonds is 5. The average Bonchev–Trinajstić information content (AvgIpc) is 3.73. The van der Waals surface area contributed by atoms with E-state index in [9.17, 15) is 14.7 Å². The molecule has 6 rings (SSSR count). The summed E-state index contributed by atoms with van der Waals surface area (Å²) in [5.41, 5.74) is 6.86. The number of carbonyl (C=O) groups excluding carboxylic acids is 2. The molecule has 10 heteroatoms. The summed E-state index contributed by atoms with van der Waals surface area (Å²) < 4.78 is 10.8. The van der Waals surface area contributed by atoms with E-state index in [2.05, 4.69) is 13.2 Å². The monoisotopic (exact) mass is 646 g/mol. The first-order valence-electron chi connectivity index (χ1n) is 14.6. The summed E-state index contributed by atoms with van der Waals surface area (Å²) >= 11 is 0. The Bertz CT molecular complexity index is 1980. The topological polar surface area (TPSA) is 127 Å². The van der Waals surface area contributed by atoms with Crippen LogP contribution in [0.3, 0.4) is 0 Å². The smallest absolute Gasteiger partial charge is 0.657 e. The van der Waals surface area contributed by atoms with E-state index in [0.29, 0.717) is 40.2 Å². The van der Waals surface area contributed by atoms with Crippen LogP contribution in [0.4, 0.5) is 0 Å². The van der Waals surface area contributed by atoms with Crippen molar-refractivity contribution in [3.63, 3.8) is 0 Å². The number of ether oxygens (including phenoxy) is 2. The largest absolute Gasteiger partial charge is 2.00 e. The first-order chi connectivity index (χ1) is 20.9. The van der Waals surface area contributed by atoms with Crippen LogP contribution in [-0.4, -0.2) is 34.1 Å². The number of aliphatic hydroxyl groups is 1. The normalized spacial score (nSPS) is 20.6. The van der Waals surface area contributed by atoms with Crippen molar-refractivity contribution < 1.29 is 41.2 Å². The minimum absolute atomic E-state index is 0. The maximum absolute atomic E-state index is 12.6. The predicted octanol–water partition coefficient (Wildman–Crippen LogP) is 5.49. The van der Waals surface area contributed by atoms with Gasteiger partial charge in [0.2, 0.25) is 0 Å². The molecule has 6 heterocycles. The second kappa shape index (κ2) is 11.6. The summed E-state index contributed by atoms with van der Waals surface area (Å²) in [6.07, 6.45) is 4.42. The summed E-state index contributed by atoms with van der Waals surface area (Å²) in [7, 11) is 1.36. The summed E-state index contributed by atoms with van der Waals surface area (Å²) in [5, 5.41) is 12.1. The van der Waals surface area contributed by atoms with Crippen LogP contribution in [0.25, 0.3) is 39.3 Å². The Morgan fingerprint density at radius 1 is 1.00 bits per heavy atom. The first-order valence-corrected chi connectivity index (χ1v) is 14.6.